The maximum Gasteiger partial charge on any atom is 0.192 e. The summed E-state index contributed by atoms with van der Waals surface area (Å²) in [5.41, 5.74) is -0.356. The van der Waals surface area contributed by atoms with Crippen molar-refractivity contribution in [2.24, 2.45) is 4.99 Å². The fourth-order valence-electron chi connectivity index (χ4n) is 2.35. The van der Waals surface area contributed by atoms with E-state index in [1.165, 1.54) is 0 Å². The van der Waals surface area contributed by atoms with Gasteiger partial charge in [0.25, 0.3) is 0 Å². The van der Waals surface area contributed by atoms with Crippen LogP contribution in [0.1, 0.15) is 27.7 Å². The van der Waals surface area contributed by atoms with Gasteiger partial charge in [0.1, 0.15) is 21.3 Å². The molecule has 1 aliphatic heterocycles. The Morgan fingerprint density at radius 1 is 1.48 bits per heavy atom. The number of ether oxygens (including phenoxy) is 1. The quantitative estimate of drug-likeness (QED) is 0.409. The molecule has 4 atom stereocenters. The van der Waals surface area contributed by atoms with Gasteiger partial charge in [0.15, 0.2) is 8.32 Å². The van der Waals surface area contributed by atoms with Crippen LogP contribution in [0.5, 0.6) is 0 Å². The van der Waals surface area contributed by atoms with Crippen molar-refractivity contribution in [1.29, 1.82) is 0 Å². The van der Waals surface area contributed by atoms with Crippen molar-refractivity contribution in [1.82, 2.24) is 0 Å². The van der Waals surface area contributed by atoms with E-state index in [0.717, 1.165) is 5.70 Å². The third kappa shape index (κ3) is 3.38. The SMILES string of the molecule is C[C@H](O[Si](C)(C)C(C)(C)C)[C@]1(O)C=C(N=C(Br)Br)[C@H]2O[C@H]21. The highest BCUT2D eigenvalue weighted by molar-refractivity contribution is 9.39. The van der Waals surface area contributed by atoms with E-state index in [9.17, 15) is 5.11 Å². The average Bonchev–Trinajstić information content (AvgIpc) is 3.00. The van der Waals surface area contributed by atoms with Gasteiger partial charge < -0.3 is 14.3 Å². The van der Waals surface area contributed by atoms with Crippen molar-refractivity contribution in [3.05, 3.63) is 11.8 Å². The fourth-order valence-corrected chi connectivity index (χ4v) is 4.18. The van der Waals surface area contributed by atoms with E-state index in [4.69, 9.17) is 9.16 Å². The second kappa shape index (κ2) is 5.53. The Balaban J connectivity index is 2.18. The first-order valence-electron chi connectivity index (χ1n) is 7.06. The zero-order valence-electron chi connectivity index (χ0n) is 13.3. The molecule has 0 spiro atoms. The lowest BCUT2D eigenvalue weighted by atomic mass is 9.97. The van der Waals surface area contributed by atoms with Crippen molar-refractivity contribution < 1.29 is 14.3 Å². The molecular formula is C14H23Br2NO3Si. The predicted molar refractivity (Wildman–Crippen MR) is 94.7 cm³/mol. The monoisotopic (exact) mass is 439 g/mol. The number of hydrogen-bond acceptors (Lipinski definition) is 4. The van der Waals surface area contributed by atoms with Gasteiger partial charge in [-0.3, -0.25) is 0 Å². The second-order valence-corrected chi connectivity index (χ2v) is 14.6. The zero-order chi connectivity index (χ0) is 16.2. The molecule has 0 aromatic carbocycles. The highest BCUT2D eigenvalue weighted by Crippen LogP contribution is 2.49. The molecule has 0 bridgehead atoms. The molecule has 21 heavy (non-hydrogen) atoms. The van der Waals surface area contributed by atoms with Gasteiger partial charge >= 0.3 is 0 Å². The minimum Gasteiger partial charge on any atom is -0.411 e. The van der Waals surface area contributed by atoms with Crippen LogP contribution in [0.4, 0.5) is 0 Å². The molecule has 0 radical (unpaired) electrons. The van der Waals surface area contributed by atoms with Crippen molar-refractivity contribution in [3.8, 4) is 0 Å². The van der Waals surface area contributed by atoms with Gasteiger partial charge in [-0.2, -0.15) is 0 Å². The number of rotatable bonds is 4. The number of fused-ring (bicyclic) bond motifs is 1. The molecule has 1 saturated heterocycles. The Morgan fingerprint density at radius 3 is 2.52 bits per heavy atom. The van der Waals surface area contributed by atoms with Crippen LogP contribution in [0.2, 0.25) is 18.1 Å². The van der Waals surface area contributed by atoms with Crippen molar-refractivity contribution in [2.75, 3.05) is 0 Å². The van der Waals surface area contributed by atoms with Gasteiger partial charge in [-0.05, 0) is 63.0 Å². The molecule has 1 fully saturated rings. The summed E-state index contributed by atoms with van der Waals surface area (Å²) in [5, 5.41) is 11.1. The first kappa shape index (κ1) is 17.8. The molecule has 0 aromatic rings. The van der Waals surface area contributed by atoms with Crippen LogP contribution in [0, 0.1) is 0 Å². The number of halogens is 2. The van der Waals surface area contributed by atoms with Gasteiger partial charge in [0.2, 0.25) is 0 Å². The predicted octanol–water partition coefficient (Wildman–Crippen LogP) is 3.94. The molecule has 0 aromatic heterocycles. The smallest absolute Gasteiger partial charge is 0.192 e. The summed E-state index contributed by atoms with van der Waals surface area (Å²) in [6, 6.07) is 0. The highest BCUT2D eigenvalue weighted by Gasteiger charge is 2.63. The number of epoxide rings is 1. The number of aliphatic hydroxyl groups is 1. The van der Waals surface area contributed by atoms with Crippen molar-refractivity contribution in [2.45, 2.75) is 69.7 Å². The summed E-state index contributed by atoms with van der Waals surface area (Å²) in [5.74, 6) is 0. The summed E-state index contributed by atoms with van der Waals surface area (Å²) in [6.07, 6.45) is 1.10. The molecule has 4 nitrogen and oxygen atoms in total. The summed E-state index contributed by atoms with van der Waals surface area (Å²) < 4.78 is 12.5. The van der Waals surface area contributed by atoms with Gasteiger partial charge in [0.05, 0.1) is 11.8 Å². The van der Waals surface area contributed by atoms with Gasteiger partial charge in [-0.1, -0.05) is 20.8 Å². The van der Waals surface area contributed by atoms with E-state index >= 15 is 0 Å². The van der Waals surface area contributed by atoms with Crippen LogP contribution >= 0.6 is 31.9 Å². The van der Waals surface area contributed by atoms with Crippen LogP contribution < -0.4 is 0 Å². The molecule has 0 amide bonds. The van der Waals surface area contributed by atoms with E-state index in [0.29, 0.717) is 3.53 Å². The standard InChI is InChI=1S/C14H23Br2NO3Si/c1-8(20-21(5,6)13(2,3)4)14(18)7-9(17-12(15)16)10-11(14)19-10/h7-8,10-11,18H,1-6H3/t8-,10+,11+,14+/m0/s1. The van der Waals surface area contributed by atoms with Crippen molar-refractivity contribution in [3.63, 3.8) is 0 Å². The van der Waals surface area contributed by atoms with Crippen molar-refractivity contribution >= 4 is 43.7 Å². The van der Waals surface area contributed by atoms with Gasteiger partial charge in [-0.25, -0.2) is 4.99 Å². The minimum atomic E-state index is -1.95. The normalized spacial score (nSPS) is 33.3. The van der Waals surface area contributed by atoms with E-state index in [1.54, 1.807) is 6.08 Å². The largest absolute Gasteiger partial charge is 0.411 e. The van der Waals surface area contributed by atoms with E-state index in [1.807, 2.05) is 6.92 Å². The van der Waals surface area contributed by atoms with Crippen LogP contribution in [-0.4, -0.2) is 40.9 Å². The molecule has 1 heterocycles. The molecular weight excluding hydrogens is 418 g/mol. The third-order valence-corrected chi connectivity index (χ3v) is 9.67. The first-order chi connectivity index (χ1) is 9.38. The van der Waals surface area contributed by atoms with Gasteiger partial charge in [0, 0.05) is 0 Å². The van der Waals surface area contributed by atoms with E-state index in [-0.39, 0.29) is 23.4 Å². The zero-order valence-corrected chi connectivity index (χ0v) is 17.4. The lowest BCUT2D eigenvalue weighted by Gasteiger charge is -2.41. The molecule has 2 aliphatic rings. The summed E-state index contributed by atoms with van der Waals surface area (Å²) in [4.78, 5) is 4.30. The molecule has 2 rings (SSSR count). The molecule has 0 unspecified atom stereocenters. The number of nitrogens with zero attached hydrogens (tertiary/aromatic N) is 1. The van der Waals surface area contributed by atoms with Crippen LogP contribution in [0.3, 0.4) is 0 Å². The highest BCUT2D eigenvalue weighted by atomic mass is 79.9. The Kier molecular flexibility index (Phi) is 4.69. The minimum absolute atomic E-state index is 0.101. The Hall–Kier alpha value is 0.467. The van der Waals surface area contributed by atoms with Crippen LogP contribution in [0.15, 0.2) is 16.8 Å². The molecule has 0 saturated carbocycles. The lowest BCUT2D eigenvalue weighted by Crippen LogP contribution is -2.52. The molecule has 7 heteroatoms. The van der Waals surface area contributed by atoms with Crippen LogP contribution in [0.25, 0.3) is 0 Å². The summed E-state index contributed by atoms with van der Waals surface area (Å²) in [7, 11) is -1.95. The molecule has 1 N–H and O–H groups in total. The molecule has 120 valence electrons. The Morgan fingerprint density at radius 2 is 2.05 bits per heavy atom. The second-order valence-electron chi connectivity index (χ2n) is 7.31. The van der Waals surface area contributed by atoms with Crippen LogP contribution in [-0.2, 0) is 9.16 Å². The van der Waals surface area contributed by atoms with E-state index < -0.39 is 13.9 Å². The maximum atomic E-state index is 11.0. The molecule has 1 aliphatic carbocycles. The fraction of sp³-hybridized carbons (Fsp3) is 0.786. The topological polar surface area (TPSA) is 54.4 Å². The Bertz CT molecular complexity index is 497. The number of hydrogen-bond donors (Lipinski definition) is 1. The lowest BCUT2D eigenvalue weighted by molar-refractivity contribution is -0.0398. The Labute approximate surface area is 144 Å². The first-order valence-corrected chi connectivity index (χ1v) is 11.6. The third-order valence-electron chi connectivity index (χ3n) is 4.76. The summed E-state index contributed by atoms with van der Waals surface area (Å²) >= 11 is 6.49. The summed E-state index contributed by atoms with van der Waals surface area (Å²) in [6.45, 7) is 12.9. The van der Waals surface area contributed by atoms with E-state index in [2.05, 4.69) is 70.7 Å². The average molecular weight is 441 g/mol. The number of aliphatic imine (C=N–C) groups is 1. The van der Waals surface area contributed by atoms with Gasteiger partial charge in [-0.15, -0.1) is 0 Å². The maximum absolute atomic E-state index is 11.0.